The average molecular weight is 334 g/mol. The van der Waals surface area contributed by atoms with E-state index in [9.17, 15) is 4.79 Å². The van der Waals surface area contributed by atoms with Crippen LogP contribution >= 0.6 is 11.6 Å². The molecule has 23 heavy (non-hydrogen) atoms. The van der Waals surface area contributed by atoms with Crippen molar-refractivity contribution >= 4 is 29.1 Å². The monoisotopic (exact) mass is 333 g/mol. The molecule has 122 valence electrons. The lowest BCUT2D eigenvalue weighted by molar-refractivity contribution is 0.262. The number of anilines is 2. The van der Waals surface area contributed by atoms with Gasteiger partial charge in [-0.3, -0.25) is 10.00 Å². The highest BCUT2D eigenvalue weighted by Gasteiger charge is 2.30. The lowest BCUT2D eigenvalue weighted by Crippen LogP contribution is -2.20. The summed E-state index contributed by atoms with van der Waals surface area (Å²) in [5.74, 6) is 1.25. The number of pyridine rings is 1. The molecule has 1 aliphatic carbocycles. The van der Waals surface area contributed by atoms with Crippen LogP contribution in [-0.4, -0.2) is 20.8 Å². The van der Waals surface area contributed by atoms with E-state index in [-0.39, 0.29) is 6.03 Å². The fraction of sp³-hybridized carbons (Fsp3) is 0.438. The van der Waals surface area contributed by atoms with Gasteiger partial charge < -0.3 is 5.32 Å². The molecule has 2 N–H and O–H groups in total. The fourth-order valence-electron chi connectivity index (χ4n) is 2.64. The molecular weight excluding hydrogens is 314 g/mol. The third kappa shape index (κ3) is 3.64. The number of aromatic nitrogens is 3. The highest BCUT2D eigenvalue weighted by atomic mass is 35.5. The maximum absolute atomic E-state index is 12.1. The highest BCUT2D eigenvalue weighted by molar-refractivity contribution is 6.29. The van der Waals surface area contributed by atoms with Gasteiger partial charge in [0.25, 0.3) is 0 Å². The van der Waals surface area contributed by atoms with Crippen LogP contribution in [-0.2, 0) is 0 Å². The Labute approximate surface area is 140 Å². The molecule has 2 aromatic heterocycles. The molecule has 0 saturated heterocycles. The van der Waals surface area contributed by atoms with Crippen molar-refractivity contribution in [2.24, 2.45) is 5.92 Å². The number of hydrogen-bond acceptors (Lipinski definition) is 3. The number of nitrogens with one attached hydrogen (secondary N) is 2. The standard InChI is InChI=1S/C16H20ClN5O/c1-9-8-18-14(17)7-13(9)19-16(23)20-15-6-10(2)22(21-15)11(3)12-4-5-12/h6-8,11-12H,4-5H2,1-3H3,(H2,18,19,20,21,23). The van der Waals surface area contributed by atoms with Crippen LogP contribution in [0.25, 0.3) is 0 Å². The van der Waals surface area contributed by atoms with Crippen molar-refractivity contribution in [1.82, 2.24) is 14.8 Å². The minimum Gasteiger partial charge on any atom is -0.307 e. The number of amides is 2. The van der Waals surface area contributed by atoms with Crippen LogP contribution in [0.15, 0.2) is 18.3 Å². The first kappa shape index (κ1) is 15.8. The average Bonchev–Trinajstić information content (AvgIpc) is 3.27. The number of carbonyl (C=O) groups is 1. The molecule has 1 unspecified atom stereocenters. The van der Waals surface area contributed by atoms with Gasteiger partial charge in [-0.05, 0) is 51.2 Å². The first-order valence-electron chi connectivity index (χ1n) is 7.70. The second kappa shape index (κ2) is 6.20. The number of hydrogen-bond donors (Lipinski definition) is 2. The van der Waals surface area contributed by atoms with Crippen LogP contribution in [0.1, 0.15) is 37.1 Å². The Kier molecular flexibility index (Phi) is 4.26. The van der Waals surface area contributed by atoms with Gasteiger partial charge in [0.15, 0.2) is 5.82 Å². The Hall–Kier alpha value is -2.08. The van der Waals surface area contributed by atoms with E-state index in [1.54, 1.807) is 12.3 Å². The van der Waals surface area contributed by atoms with E-state index in [2.05, 4.69) is 27.6 Å². The molecule has 0 aromatic carbocycles. The Bertz CT molecular complexity index is 738. The largest absolute Gasteiger partial charge is 0.324 e. The number of carbonyl (C=O) groups excluding carboxylic acids is 1. The minimum atomic E-state index is -0.348. The SMILES string of the molecule is Cc1cnc(Cl)cc1NC(=O)Nc1cc(C)n(C(C)C2CC2)n1. The van der Waals surface area contributed by atoms with Crippen LogP contribution in [0.5, 0.6) is 0 Å². The zero-order chi connectivity index (χ0) is 16.6. The summed E-state index contributed by atoms with van der Waals surface area (Å²) in [4.78, 5) is 16.1. The first-order valence-corrected chi connectivity index (χ1v) is 8.08. The topological polar surface area (TPSA) is 71.8 Å². The summed E-state index contributed by atoms with van der Waals surface area (Å²) in [5, 5.41) is 10.4. The number of nitrogens with zero attached hydrogens (tertiary/aromatic N) is 3. The van der Waals surface area contributed by atoms with E-state index in [4.69, 9.17) is 11.6 Å². The summed E-state index contributed by atoms with van der Waals surface area (Å²) < 4.78 is 1.99. The van der Waals surface area contributed by atoms with E-state index in [0.717, 1.165) is 11.3 Å². The number of aryl methyl sites for hydroxylation is 2. The van der Waals surface area contributed by atoms with Gasteiger partial charge in [0.2, 0.25) is 0 Å². The van der Waals surface area contributed by atoms with Gasteiger partial charge in [-0.25, -0.2) is 9.78 Å². The van der Waals surface area contributed by atoms with Gasteiger partial charge in [0.05, 0.1) is 6.04 Å². The lowest BCUT2D eigenvalue weighted by Gasteiger charge is -2.12. The third-order valence-electron chi connectivity index (χ3n) is 4.17. The molecule has 0 bridgehead atoms. The van der Waals surface area contributed by atoms with Gasteiger partial charge >= 0.3 is 6.03 Å². The molecule has 2 aromatic rings. The van der Waals surface area contributed by atoms with E-state index < -0.39 is 0 Å². The van der Waals surface area contributed by atoms with Gasteiger partial charge in [0.1, 0.15) is 5.15 Å². The molecule has 2 heterocycles. The fourth-order valence-corrected chi connectivity index (χ4v) is 2.80. The summed E-state index contributed by atoms with van der Waals surface area (Å²) in [7, 11) is 0. The molecular formula is C16H20ClN5O. The van der Waals surface area contributed by atoms with E-state index in [1.165, 1.54) is 12.8 Å². The number of halogens is 1. The molecule has 1 fully saturated rings. The second-order valence-corrected chi connectivity index (χ2v) is 6.48. The Morgan fingerprint density at radius 3 is 2.78 bits per heavy atom. The molecule has 1 saturated carbocycles. The van der Waals surface area contributed by atoms with Crippen LogP contribution in [0.3, 0.4) is 0 Å². The summed E-state index contributed by atoms with van der Waals surface area (Å²) in [5.41, 5.74) is 2.52. The van der Waals surface area contributed by atoms with Gasteiger partial charge in [-0.1, -0.05) is 11.6 Å². The molecule has 0 aliphatic heterocycles. The summed E-state index contributed by atoms with van der Waals surface area (Å²) in [6.45, 7) is 6.03. The molecule has 1 atom stereocenters. The van der Waals surface area contributed by atoms with Crippen molar-refractivity contribution in [3.63, 3.8) is 0 Å². The van der Waals surface area contributed by atoms with Crippen LogP contribution in [0.4, 0.5) is 16.3 Å². The Morgan fingerprint density at radius 1 is 1.35 bits per heavy atom. The lowest BCUT2D eigenvalue weighted by atomic mass is 10.2. The van der Waals surface area contributed by atoms with E-state index >= 15 is 0 Å². The Balaban J connectivity index is 1.68. The maximum atomic E-state index is 12.1. The van der Waals surface area contributed by atoms with Gasteiger partial charge in [-0.15, -0.1) is 0 Å². The van der Waals surface area contributed by atoms with Crippen molar-refractivity contribution < 1.29 is 4.79 Å². The van der Waals surface area contributed by atoms with Crippen molar-refractivity contribution in [3.8, 4) is 0 Å². The van der Waals surface area contributed by atoms with Gasteiger partial charge in [-0.2, -0.15) is 5.10 Å². The minimum absolute atomic E-state index is 0.337. The van der Waals surface area contributed by atoms with Crippen molar-refractivity contribution in [2.75, 3.05) is 10.6 Å². The quantitative estimate of drug-likeness (QED) is 0.825. The molecule has 0 spiro atoms. The zero-order valence-corrected chi connectivity index (χ0v) is 14.2. The molecule has 2 amide bonds. The second-order valence-electron chi connectivity index (χ2n) is 6.09. The van der Waals surface area contributed by atoms with Crippen molar-refractivity contribution in [2.45, 2.75) is 39.7 Å². The molecule has 6 nitrogen and oxygen atoms in total. The normalized spacial score (nSPS) is 15.3. The molecule has 7 heteroatoms. The number of urea groups is 1. The van der Waals surface area contributed by atoms with Crippen molar-refractivity contribution in [3.05, 3.63) is 34.7 Å². The Morgan fingerprint density at radius 2 is 2.09 bits per heavy atom. The summed E-state index contributed by atoms with van der Waals surface area (Å²) in [6.07, 6.45) is 4.13. The third-order valence-corrected chi connectivity index (χ3v) is 4.38. The smallest absolute Gasteiger partial charge is 0.307 e. The van der Waals surface area contributed by atoms with Crippen LogP contribution in [0.2, 0.25) is 5.15 Å². The first-order chi connectivity index (χ1) is 10.9. The molecule has 1 aliphatic rings. The molecule has 3 rings (SSSR count). The summed E-state index contributed by atoms with van der Waals surface area (Å²) >= 11 is 5.86. The van der Waals surface area contributed by atoms with E-state index in [0.29, 0.717) is 28.6 Å². The van der Waals surface area contributed by atoms with E-state index in [1.807, 2.05) is 24.6 Å². The summed E-state index contributed by atoms with van der Waals surface area (Å²) in [6, 6.07) is 3.52. The predicted molar refractivity (Wildman–Crippen MR) is 91.0 cm³/mol. The predicted octanol–water partition coefficient (Wildman–Crippen LogP) is 4.16. The van der Waals surface area contributed by atoms with Gasteiger partial charge in [0, 0.05) is 23.6 Å². The highest BCUT2D eigenvalue weighted by Crippen LogP contribution is 2.39. The number of rotatable bonds is 4. The van der Waals surface area contributed by atoms with Crippen LogP contribution < -0.4 is 10.6 Å². The van der Waals surface area contributed by atoms with Crippen molar-refractivity contribution in [1.29, 1.82) is 0 Å². The maximum Gasteiger partial charge on any atom is 0.324 e. The van der Waals surface area contributed by atoms with Crippen LogP contribution in [0, 0.1) is 19.8 Å². The zero-order valence-electron chi connectivity index (χ0n) is 13.4. The molecule has 0 radical (unpaired) electrons.